The first-order valence-electron chi connectivity index (χ1n) is 6.01. The quantitative estimate of drug-likeness (QED) is 0.830. The molecule has 1 aromatic rings. The van der Waals surface area contributed by atoms with Gasteiger partial charge in [0.15, 0.2) is 0 Å². The fourth-order valence-corrected chi connectivity index (χ4v) is 2.39. The first-order valence-corrected chi connectivity index (χ1v) is 6.01. The number of rotatable bonds is 3. The van der Waals surface area contributed by atoms with E-state index in [0.717, 1.165) is 31.5 Å². The van der Waals surface area contributed by atoms with Crippen molar-refractivity contribution in [1.82, 2.24) is 4.90 Å². The van der Waals surface area contributed by atoms with Gasteiger partial charge in [-0.25, -0.2) is 0 Å². The maximum absolute atomic E-state index is 11.6. The fourth-order valence-electron chi connectivity index (χ4n) is 2.39. The zero-order valence-electron chi connectivity index (χ0n) is 9.80. The Morgan fingerprint density at radius 2 is 1.76 bits per heavy atom. The van der Waals surface area contributed by atoms with Crippen molar-refractivity contribution in [3.63, 3.8) is 0 Å². The molecule has 2 rings (SSSR count). The van der Waals surface area contributed by atoms with Crippen LogP contribution in [-0.2, 0) is 4.79 Å². The molecule has 4 heteroatoms. The number of nitrogens with two attached hydrogens (primary N) is 1. The summed E-state index contributed by atoms with van der Waals surface area (Å²) in [4.78, 5) is 13.7. The van der Waals surface area contributed by atoms with E-state index >= 15 is 0 Å². The molecule has 0 saturated carbocycles. The van der Waals surface area contributed by atoms with Gasteiger partial charge in [-0.2, -0.15) is 0 Å². The number of likely N-dealkylation sites (tertiary alicyclic amines) is 1. The summed E-state index contributed by atoms with van der Waals surface area (Å²) in [5.41, 5.74) is 6.35. The molecule has 0 bridgehead atoms. The van der Waals surface area contributed by atoms with Gasteiger partial charge in [-0.15, -0.1) is 0 Å². The largest absolute Gasteiger partial charge is 0.508 e. The predicted molar refractivity (Wildman–Crippen MR) is 65.5 cm³/mol. The summed E-state index contributed by atoms with van der Waals surface area (Å²) in [6.07, 6.45) is 3.45. The number of benzene rings is 1. The molecule has 1 aliphatic rings. The lowest BCUT2D eigenvalue weighted by Crippen LogP contribution is -2.40. The molecular weight excluding hydrogens is 216 g/mol. The smallest absolute Gasteiger partial charge is 0.239 e. The SMILES string of the molecule is NC(=O)C(c1ccc(O)cc1)N1CCCCC1. The van der Waals surface area contributed by atoms with Crippen LogP contribution in [0.5, 0.6) is 5.75 Å². The van der Waals surface area contributed by atoms with E-state index in [9.17, 15) is 9.90 Å². The molecule has 92 valence electrons. The van der Waals surface area contributed by atoms with Crippen LogP contribution in [0.2, 0.25) is 0 Å². The molecule has 1 atom stereocenters. The summed E-state index contributed by atoms with van der Waals surface area (Å²) in [6.45, 7) is 1.82. The van der Waals surface area contributed by atoms with E-state index in [2.05, 4.69) is 4.90 Å². The van der Waals surface area contributed by atoms with Crippen molar-refractivity contribution in [2.24, 2.45) is 5.73 Å². The number of phenols is 1. The van der Waals surface area contributed by atoms with Crippen molar-refractivity contribution in [3.05, 3.63) is 29.8 Å². The van der Waals surface area contributed by atoms with Gasteiger partial charge in [0.1, 0.15) is 11.8 Å². The van der Waals surface area contributed by atoms with Gasteiger partial charge in [0.2, 0.25) is 5.91 Å². The minimum atomic E-state index is -0.365. The number of hydrogen-bond acceptors (Lipinski definition) is 3. The maximum Gasteiger partial charge on any atom is 0.239 e. The van der Waals surface area contributed by atoms with Crippen molar-refractivity contribution in [3.8, 4) is 5.75 Å². The lowest BCUT2D eigenvalue weighted by molar-refractivity contribution is -0.123. The zero-order valence-corrected chi connectivity index (χ0v) is 9.80. The standard InChI is InChI=1S/C13H18N2O2/c14-13(17)12(15-8-2-1-3-9-15)10-4-6-11(16)7-5-10/h4-7,12,16H,1-3,8-9H2,(H2,14,17). The molecule has 3 N–H and O–H groups in total. The highest BCUT2D eigenvalue weighted by molar-refractivity contribution is 5.81. The van der Waals surface area contributed by atoms with Crippen LogP contribution in [0, 0.1) is 0 Å². The molecule has 0 spiro atoms. The molecule has 17 heavy (non-hydrogen) atoms. The summed E-state index contributed by atoms with van der Waals surface area (Å²) in [7, 11) is 0. The van der Waals surface area contributed by atoms with Crippen molar-refractivity contribution < 1.29 is 9.90 Å². The van der Waals surface area contributed by atoms with Gasteiger partial charge < -0.3 is 10.8 Å². The summed E-state index contributed by atoms with van der Waals surface area (Å²) in [6, 6.07) is 6.35. The Hall–Kier alpha value is -1.55. The Labute approximate surface area is 101 Å². The Balaban J connectivity index is 2.21. The lowest BCUT2D eigenvalue weighted by atomic mass is 10.0. The van der Waals surface area contributed by atoms with Crippen LogP contribution >= 0.6 is 0 Å². The highest BCUT2D eigenvalue weighted by atomic mass is 16.3. The molecule has 0 aliphatic carbocycles. The van der Waals surface area contributed by atoms with E-state index in [1.807, 2.05) is 0 Å². The first-order chi connectivity index (χ1) is 8.18. The number of amides is 1. The van der Waals surface area contributed by atoms with Crippen LogP contribution in [0.4, 0.5) is 0 Å². The van der Waals surface area contributed by atoms with Crippen molar-refractivity contribution in [1.29, 1.82) is 0 Å². The third kappa shape index (κ3) is 2.77. The number of aromatic hydroxyl groups is 1. The van der Waals surface area contributed by atoms with Crippen LogP contribution in [0.3, 0.4) is 0 Å². The van der Waals surface area contributed by atoms with Gasteiger partial charge in [-0.3, -0.25) is 9.69 Å². The van der Waals surface area contributed by atoms with Gasteiger partial charge in [-0.05, 0) is 43.6 Å². The number of hydrogen-bond donors (Lipinski definition) is 2. The van der Waals surface area contributed by atoms with Crippen LogP contribution < -0.4 is 5.73 Å². The number of primary amides is 1. The van der Waals surface area contributed by atoms with Gasteiger partial charge >= 0.3 is 0 Å². The number of nitrogens with zero attached hydrogens (tertiary/aromatic N) is 1. The van der Waals surface area contributed by atoms with Crippen LogP contribution in [0.15, 0.2) is 24.3 Å². The summed E-state index contributed by atoms with van der Waals surface area (Å²) in [5, 5.41) is 9.26. The lowest BCUT2D eigenvalue weighted by Gasteiger charge is -2.32. The summed E-state index contributed by atoms with van der Waals surface area (Å²) < 4.78 is 0. The second kappa shape index (κ2) is 5.19. The molecule has 0 radical (unpaired) electrons. The molecule has 1 amide bonds. The van der Waals surface area contributed by atoms with Gasteiger partial charge in [0.25, 0.3) is 0 Å². The average Bonchev–Trinajstić information content (AvgIpc) is 2.33. The number of phenolic OH excluding ortho intramolecular Hbond substituents is 1. The average molecular weight is 234 g/mol. The Kier molecular flexibility index (Phi) is 3.64. The van der Waals surface area contributed by atoms with E-state index in [0.29, 0.717) is 0 Å². The Morgan fingerprint density at radius 3 is 2.29 bits per heavy atom. The van der Waals surface area contributed by atoms with E-state index in [1.54, 1.807) is 24.3 Å². The minimum absolute atomic E-state index is 0.204. The molecule has 1 saturated heterocycles. The van der Waals surface area contributed by atoms with Crippen LogP contribution in [-0.4, -0.2) is 29.0 Å². The van der Waals surface area contributed by atoms with Crippen molar-refractivity contribution >= 4 is 5.91 Å². The second-order valence-corrected chi connectivity index (χ2v) is 4.49. The van der Waals surface area contributed by atoms with E-state index in [4.69, 9.17) is 5.73 Å². The molecule has 1 aromatic carbocycles. The Morgan fingerprint density at radius 1 is 1.18 bits per heavy atom. The van der Waals surface area contributed by atoms with Gasteiger partial charge in [-0.1, -0.05) is 18.6 Å². The summed E-state index contributed by atoms with van der Waals surface area (Å²) in [5.74, 6) is -0.117. The third-order valence-corrected chi connectivity index (χ3v) is 3.23. The third-order valence-electron chi connectivity index (χ3n) is 3.23. The highest BCUT2D eigenvalue weighted by Gasteiger charge is 2.26. The van der Waals surface area contributed by atoms with E-state index < -0.39 is 0 Å². The Bertz CT molecular complexity index is 383. The van der Waals surface area contributed by atoms with Crippen LogP contribution in [0.1, 0.15) is 30.9 Å². The highest BCUT2D eigenvalue weighted by Crippen LogP contribution is 2.25. The summed E-state index contributed by atoms with van der Waals surface area (Å²) >= 11 is 0. The molecule has 0 aromatic heterocycles. The van der Waals surface area contributed by atoms with Gasteiger partial charge in [0.05, 0.1) is 0 Å². The first kappa shape index (κ1) is 11.9. The van der Waals surface area contributed by atoms with Crippen molar-refractivity contribution in [2.75, 3.05) is 13.1 Å². The molecule has 1 heterocycles. The molecule has 4 nitrogen and oxygen atoms in total. The second-order valence-electron chi connectivity index (χ2n) is 4.49. The van der Waals surface area contributed by atoms with Crippen molar-refractivity contribution in [2.45, 2.75) is 25.3 Å². The topological polar surface area (TPSA) is 66.6 Å². The number of carbonyl (C=O) groups is 1. The molecule has 1 aliphatic heterocycles. The molecule has 1 fully saturated rings. The fraction of sp³-hybridized carbons (Fsp3) is 0.462. The minimum Gasteiger partial charge on any atom is -0.508 e. The van der Waals surface area contributed by atoms with E-state index in [-0.39, 0.29) is 17.7 Å². The number of carbonyl (C=O) groups excluding carboxylic acids is 1. The molecular formula is C13H18N2O2. The zero-order chi connectivity index (χ0) is 12.3. The number of piperidine rings is 1. The monoisotopic (exact) mass is 234 g/mol. The van der Waals surface area contributed by atoms with Crippen LogP contribution in [0.25, 0.3) is 0 Å². The normalized spacial score (nSPS) is 18.8. The maximum atomic E-state index is 11.6. The van der Waals surface area contributed by atoms with E-state index in [1.165, 1.54) is 6.42 Å². The van der Waals surface area contributed by atoms with Gasteiger partial charge in [0, 0.05) is 0 Å². The predicted octanol–water partition coefficient (Wildman–Crippen LogP) is 1.40. The molecule has 1 unspecified atom stereocenters.